The highest BCUT2D eigenvalue weighted by Crippen LogP contribution is 2.24. The van der Waals surface area contributed by atoms with Gasteiger partial charge in [-0.1, -0.05) is 6.92 Å². The van der Waals surface area contributed by atoms with Gasteiger partial charge in [0.25, 0.3) is 11.8 Å². The van der Waals surface area contributed by atoms with Crippen LogP contribution in [-0.2, 0) is 9.53 Å². The van der Waals surface area contributed by atoms with E-state index in [4.69, 9.17) is 4.74 Å². The Morgan fingerprint density at radius 3 is 2.27 bits per heavy atom. The highest BCUT2D eigenvalue weighted by molar-refractivity contribution is 5.99. The number of nitrogens with one attached hydrogen (secondary N) is 3. The molecule has 7 heteroatoms. The zero-order valence-electron chi connectivity index (χ0n) is 16.0. The molecule has 0 saturated carbocycles. The third-order valence-corrected chi connectivity index (χ3v) is 4.96. The first-order chi connectivity index (χ1) is 11.8. The molecule has 1 heterocycles. The molecule has 1 aliphatic heterocycles. The number of carbonyl (C=O) groups is 2. The van der Waals surface area contributed by atoms with Crippen molar-refractivity contribution in [1.82, 2.24) is 10.6 Å². The maximum absolute atomic E-state index is 12.6. The van der Waals surface area contributed by atoms with E-state index in [0.717, 1.165) is 19.5 Å². The van der Waals surface area contributed by atoms with Crippen LogP contribution < -0.4 is 16.0 Å². The van der Waals surface area contributed by atoms with Crippen molar-refractivity contribution in [2.24, 2.45) is 0 Å². The van der Waals surface area contributed by atoms with Crippen LogP contribution in [0.2, 0.25) is 0 Å². The second-order valence-electron chi connectivity index (χ2n) is 7.17. The van der Waals surface area contributed by atoms with Gasteiger partial charge in [-0.05, 0) is 70.5 Å². The molecule has 0 spiro atoms. The smallest absolute Gasteiger partial charge is 0.256 e. The minimum Gasteiger partial charge on any atom is -0.368 e. The summed E-state index contributed by atoms with van der Waals surface area (Å²) in [5.41, 5.74) is 0.199. The number of hydrogen-bond acceptors (Lipinski definition) is 4. The van der Waals surface area contributed by atoms with Crippen molar-refractivity contribution in [1.29, 1.82) is 0 Å². The summed E-state index contributed by atoms with van der Waals surface area (Å²) >= 11 is 0. The number of benzene rings is 1. The fourth-order valence-electron chi connectivity index (χ4n) is 2.77. The van der Waals surface area contributed by atoms with Gasteiger partial charge >= 0.3 is 0 Å². The first-order valence-corrected chi connectivity index (χ1v) is 8.82. The van der Waals surface area contributed by atoms with Crippen LogP contribution in [0.4, 0.5) is 5.69 Å². The van der Waals surface area contributed by atoms with E-state index in [2.05, 4.69) is 16.0 Å². The number of piperidine rings is 1. The van der Waals surface area contributed by atoms with E-state index in [1.54, 1.807) is 31.4 Å². The van der Waals surface area contributed by atoms with E-state index in [9.17, 15) is 9.59 Å². The average Bonchev–Trinajstić information content (AvgIpc) is 2.62. The van der Waals surface area contributed by atoms with Crippen LogP contribution >= 0.6 is 12.4 Å². The molecular weight excluding hydrogens is 354 g/mol. The Labute approximate surface area is 161 Å². The lowest BCUT2D eigenvalue weighted by Gasteiger charge is -2.34. The van der Waals surface area contributed by atoms with Gasteiger partial charge in [0.15, 0.2) is 0 Å². The number of amides is 2. The quantitative estimate of drug-likeness (QED) is 0.705. The van der Waals surface area contributed by atoms with E-state index >= 15 is 0 Å². The molecule has 1 aromatic carbocycles. The Hall–Kier alpha value is -1.63. The standard InChI is InChI=1S/C19H29N3O3.ClH/c1-5-18(2,3)22-16(23)14-6-8-15(9-7-14)21-17(24)19(25-4)10-12-20-13-11-19;/h6-9,20H,5,10-13H2,1-4H3,(H,21,24)(H,22,23);1H. The van der Waals surface area contributed by atoms with Crippen LogP contribution in [0.3, 0.4) is 0 Å². The molecule has 3 N–H and O–H groups in total. The predicted molar refractivity (Wildman–Crippen MR) is 106 cm³/mol. The summed E-state index contributed by atoms with van der Waals surface area (Å²) < 4.78 is 5.53. The maximum atomic E-state index is 12.6. The van der Waals surface area contributed by atoms with Gasteiger partial charge in [-0.25, -0.2) is 0 Å². The number of rotatable bonds is 6. The van der Waals surface area contributed by atoms with Crippen molar-refractivity contribution in [3.8, 4) is 0 Å². The largest absolute Gasteiger partial charge is 0.368 e. The Balaban J connectivity index is 0.00000338. The van der Waals surface area contributed by atoms with Gasteiger partial charge in [0, 0.05) is 23.9 Å². The summed E-state index contributed by atoms with van der Waals surface area (Å²) in [5, 5.41) is 9.13. The van der Waals surface area contributed by atoms with Crippen molar-refractivity contribution in [2.45, 2.75) is 51.2 Å². The third kappa shape index (κ3) is 5.43. The zero-order chi connectivity index (χ0) is 18.5. The van der Waals surface area contributed by atoms with Crippen LogP contribution in [0, 0.1) is 0 Å². The van der Waals surface area contributed by atoms with Gasteiger partial charge in [0.1, 0.15) is 5.60 Å². The maximum Gasteiger partial charge on any atom is 0.256 e. The highest BCUT2D eigenvalue weighted by Gasteiger charge is 2.39. The number of anilines is 1. The Morgan fingerprint density at radius 1 is 1.19 bits per heavy atom. The summed E-state index contributed by atoms with van der Waals surface area (Å²) in [5.74, 6) is -0.253. The molecule has 1 fully saturated rings. The summed E-state index contributed by atoms with van der Waals surface area (Å²) in [6.07, 6.45) is 2.13. The van der Waals surface area contributed by atoms with Gasteiger partial charge in [0.05, 0.1) is 0 Å². The summed E-state index contributed by atoms with van der Waals surface area (Å²) in [7, 11) is 1.58. The Kier molecular flexibility index (Phi) is 8.06. The second kappa shape index (κ2) is 9.35. The lowest BCUT2D eigenvalue weighted by Crippen LogP contribution is -2.51. The van der Waals surface area contributed by atoms with E-state index < -0.39 is 5.60 Å². The highest BCUT2D eigenvalue weighted by atomic mass is 35.5. The van der Waals surface area contributed by atoms with E-state index in [0.29, 0.717) is 24.1 Å². The van der Waals surface area contributed by atoms with Gasteiger partial charge in [-0.3, -0.25) is 9.59 Å². The molecule has 0 aromatic heterocycles. The monoisotopic (exact) mass is 383 g/mol. The molecule has 1 aliphatic rings. The minimum absolute atomic E-state index is 0. The molecule has 2 amide bonds. The average molecular weight is 384 g/mol. The summed E-state index contributed by atoms with van der Waals surface area (Å²) in [4.78, 5) is 24.9. The first-order valence-electron chi connectivity index (χ1n) is 8.82. The number of ether oxygens (including phenoxy) is 1. The molecule has 0 aliphatic carbocycles. The van der Waals surface area contributed by atoms with E-state index in [-0.39, 0.29) is 29.8 Å². The van der Waals surface area contributed by atoms with Crippen molar-refractivity contribution in [3.63, 3.8) is 0 Å². The molecule has 146 valence electrons. The molecule has 0 bridgehead atoms. The summed E-state index contributed by atoms with van der Waals surface area (Å²) in [6.45, 7) is 7.53. The van der Waals surface area contributed by atoms with E-state index in [1.807, 2.05) is 20.8 Å². The van der Waals surface area contributed by atoms with Crippen LogP contribution in [0.15, 0.2) is 24.3 Å². The molecule has 1 aromatic rings. The van der Waals surface area contributed by atoms with Crippen LogP contribution in [0.5, 0.6) is 0 Å². The normalized spacial score (nSPS) is 16.3. The molecule has 6 nitrogen and oxygen atoms in total. The van der Waals surface area contributed by atoms with E-state index in [1.165, 1.54) is 0 Å². The number of carbonyl (C=O) groups excluding carboxylic acids is 2. The topological polar surface area (TPSA) is 79.5 Å². The second-order valence-corrected chi connectivity index (χ2v) is 7.17. The minimum atomic E-state index is -0.785. The molecule has 2 rings (SSSR count). The first kappa shape index (κ1) is 22.4. The Morgan fingerprint density at radius 2 is 1.77 bits per heavy atom. The van der Waals surface area contributed by atoms with Gasteiger partial charge < -0.3 is 20.7 Å². The predicted octanol–water partition coefficient (Wildman–Crippen LogP) is 2.73. The van der Waals surface area contributed by atoms with Gasteiger partial charge in [0.2, 0.25) is 0 Å². The lowest BCUT2D eigenvalue weighted by atomic mass is 9.91. The molecule has 1 saturated heterocycles. The number of methoxy groups -OCH3 is 1. The molecular formula is C19H30ClN3O3. The van der Waals surface area contributed by atoms with Crippen molar-refractivity contribution >= 4 is 29.9 Å². The zero-order valence-corrected chi connectivity index (χ0v) is 16.8. The Bertz CT molecular complexity index is 611. The molecule has 0 radical (unpaired) electrons. The fourth-order valence-corrected chi connectivity index (χ4v) is 2.77. The van der Waals surface area contributed by atoms with Crippen LogP contribution in [0.25, 0.3) is 0 Å². The van der Waals surface area contributed by atoms with Crippen LogP contribution in [-0.4, -0.2) is 43.2 Å². The van der Waals surface area contributed by atoms with Crippen molar-refractivity contribution < 1.29 is 14.3 Å². The summed E-state index contributed by atoms with van der Waals surface area (Å²) in [6, 6.07) is 6.93. The lowest BCUT2D eigenvalue weighted by molar-refractivity contribution is -0.140. The van der Waals surface area contributed by atoms with Gasteiger partial charge in [-0.2, -0.15) is 0 Å². The fraction of sp³-hybridized carbons (Fsp3) is 0.579. The molecule has 0 unspecified atom stereocenters. The third-order valence-electron chi connectivity index (χ3n) is 4.96. The van der Waals surface area contributed by atoms with Crippen molar-refractivity contribution in [3.05, 3.63) is 29.8 Å². The molecule has 0 atom stereocenters. The molecule has 26 heavy (non-hydrogen) atoms. The SMILES string of the molecule is CCC(C)(C)NC(=O)c1ccc(NC(=O)C2(OC)CCNCC2)cc1.Cl. The van der Waals surface area contributed by atoms with Gasteiger partial charge in [-0.15, -0.1) is 12.4 Å². The van der Waals surface area contributed by atoms with Crippen LogP contribution in [0.1, 0.15) is 50.4 Å². The van der Waals surface area contributed by atoms with Crippen molar-refractivity contribution in [2.75, 3.05) is 25.5 Å². The number of hydrogen-bond donors (Lipinski definition) is 3. The number of halogens is 1.